The fourth-order valence-electron chi connectivity index (χ4n) is 3.63. The van der Waals surface area contributed by atoms with Gasteiger partial charge >= 0.3 is 0 Å². The number of benzene rings is 4. The van der Waals surface area contributed by atoms with E-state index in [0.717, 1.165) is 34.9 Å². The third-order valence-corrected chi connectivity index (χ3v) is 5.02. The van der Waals surface area contributed by atoms with Crippen LogP contribution in [0.2, 0.25) is 0 Å². The Morgan fingerprint density at radius 2 is 1.38 bits per heavy atom. The third kappa shape index (κ3) is 3.01. The van der Waals surface area contributed by atoms with Gasteiger partial charge in [0.15, 0.2) is 5.78 Å². The van der Waals surface area contributed by atoms with Crippen LogP contribution >= 0.6 is 0 Å². The summed E-state index contributed by atoms with van der Waals surface area (Å²) in [5, 5.41) is 4.68. The average Bonchev–Trinajstić information content (AvgIpc) is 2.70. The molecule has 0 amide bonds. The number of carbonyl (C=O) groups is 1. The van der Waals surface area contributed by atoms with Crippen LogP contribution in [0.25, 0.3) is 32.7 Å². The molecule has 0 radical (unpaired) electrons. The van der Waals surface area contributed by atoms with Gasteiger partial charge in [-0.1, -0.05) is 80.1 Å². The van der Waals surface area contributed by atoms with Crippen LogP contribution in [-0.2, 0) is 0 Å². The third-order valence-electron chi connectivity index (χ3n) is 5.02. The van der Waals surface area contributed by atoms with Crippen LogP contribution in [0, 0.1) is 0 Å². The van der Waals surface area contributed by atoms with E-state index < -0.39 is 0 Å². The number of carbonyl (C=O) groups excluding carboxylic acids is 1. The molecule has 128 valence electrons. The molecule has 0 aliphatic rings. The van der Waals surface area contributed by atoms with Crippen molar-refractivity contribution in [2.24, 2.45) is 0 Å². The summed E-state index contributed by atoms with van der Waals surface area (Å²) >= 11 is 0. The number of unbranched alkanes of at least 4 members (excludes halogenated alkanes) is 1. The Labute approximate surface area is 154 Å². The lowest BCUT2D eigenvalue weighted by Gasteiger charge is -2.14. The summed E-state index contributed by atoms with van der Waals surface area (Å²) in [6.07, 6.45) is 2.57. The predicted octanol–water partition coefficient (Wildman–Crippen LogP) is 7.03. The van der Waals surface area contributed by atoms with Gasteiger partial charge in [0.1, 0.15) is 0 Å². The zero-order valence-electron chi connectivity index (χ0n) is 15.0. The summed E-state index contributed by atoms with van der Waals surface area (Å²) in [6, 6.07) is 27.2. The molecule has 1 heteroatoms. The maximum atomic E-state index is 13.0. The first kappa shape index (κ1) is 16.5. The van der Waals surface area contributed by atoms with Gasteiger partial charge in [0, 0.05) is 12.0 Å². The molecule has 0 unspecified atom stereocenters. The van der Waals surface area contributed by atoms with Crippen molar-refractivity contribution in [1.82, 2.24) is 0 Å². The molecule has 26 heavy (non-hydrogen) atoms. The molecule has 0 saturated heterocycles. The van der Waals surface area contributed by atoms with Gasteiger partial charge in [-0.15, -0.1) is 0 Å². The second-order valence-corrected chi connectivity index (χ2v) is 6.80. The molecule has 0 spiro atoms. The van der Waals surface area contributed by atoms with Gasteiger partial charge < -0.3 is 0 Å². The molecule has 0 atom stereocenters. The van der Waals surface area contributed by atoms with Gasteiger partial charge in [0.05, 0.1) is 0 Å². The summed E-state index contributed by atoms with van der Waals surface area (Å²) in [6.45, 7) is 2.12. The SMILES string of the molecule is CCCCC(=O)c1cc2ccccc2cc1-c1cccc2ccccc12. The van der Waals surface area contributed by atoms with Crippen LogP contribution in [0.15, 0.2) is 78.9 Å². The van der Waals surface area contributed by atoms with Crippen LogP contribution in [0.4, 0.5) is 0 Å². The Hall–Kier alpha value is -2.93. The standard InChI is InChI=1S/C25H22O/c1-2-3-15-25(26)24-17-20-11-5-4-10-19(20)16-23(24)22-14-8-12-18-9-6-7-13-21(18)22/h4-14,16-17H,2-3,15H2,1H3. The molecular formula is C25H22O. The highest BCUT2D eigenvalue weighted by Crippen LogP contribution is 2.34. The van der Waals surface area contributed by atoms with Crippen molar-refractivity contribution >= 4 is 27.3 Å². The topological polar surface area (TPSA) is 17.1 Å². The van der Waals surface area contributed by atoms with Crippen LogP contribution in [0.5, 0.6) is 0 Å². The van der Waals surface area contributed by atoms with E-state index in [-0.39, 0.29) is 5.78 Å². The second-order valence-electron chi connectivity index (χ2n) is 6.80. The Balaban J connectivity index is 1.98. The number of fused-ring (bicyclic) bond motifs is 2. The number of ketones is 1. The first-order chi connectivity index (χ1) is 12.8. The number of hydrogen-bond donors (Lipinski definition) is 0. The fourth-order valence-corrected chi connectivity index (χ4v) is 3.63. The molecule has 0 aliphatic heterocycles. The monoisotopic (exact) mass is 338 g/mol. The molecule has 4 aromatic carbocycles. The summed E-state index contributed by atoms with van der Waals surface area (Å²) in [5.41, 5.74) is 3.02. The Bertz CT molecular complexity index is 1090. The van der Waals surface area contributed by atoms with Crippen molar-refractivity contribution in [1.29, 1.82) is 0 Å². The first-order valence-corrected chi connectivity index (χ1v) is 9.32. The largest absolute Gasteiger partial charge is 0.294 e. The maximum Gasteiger partial charge on any atom is 0.163 e. The molecular weight excluding hydrogens is 316 g/mol. The summed E-state index contributed by atoms with van der Waals surface area (Å²) < 4.78 is 0. The van der Waals surface area contributed by atoms with E-state index in [1.807, 2.05) is 12.1 Å². The molecule has 4 rings (SSSR count). The summed E-state index contributed by atoms with van der Waals surface area (Å²) in [7, 11) is 0. The van der Waals surface area contributed by atoms with Crippen molar-refractivity contribution in [3.8, 4) is 11.1 Å². The quantitative estimate of drug-likeness (QED) is 0.357. The highest BCUT2D eigenvalue weighted by atomic mass is 16.1. The van der Waals surface area contributed by atoms with Crippen molar-refractivity contribution in [2.45, 2.75) is 26.2 Å². The lowest BCUT2D eigenvalue weighted by Crippen LogP contribution is -2.02. The van der Waals surface area contributed by atoms with Crippen molar-refractivity contribution in [3.63, 3.8) is 0 Å². The van der Waals surface area contributed by atoms with Crippen molar-refractivity contribution in [2.75, 3.05) is 0 Å². The van der Waals surface area contributed by atoms with E-state index in [0.29, 0.717) is 6.42 Å². The lowest BCUT2D eigenvalue weighted by molar-refractivity contribution is 0.0980. The Kier molecular flexibility index (Phi) is 4.53. The van der Waals surface area contributed by atoms with Crippen LogP contribution < -0.4 is 0 Å². The highest BCUT2D eigenvalue weighted by molar-refractivity contribution is 6.10. The van der Waals surface area contributed by atoms with Gasteiger partial charge in [-0.3, -0.25) is 4.79 Å². The van der Waals surface area contributed by atoms with Crippen LogP contribution in [0.3, 0.4) is 0 Å². The van der Waals surface area contributed by atoms with E-state index in [1.165, 1.54) is 16.2 Å². The lowest BCUT2D eigenvalue weighted by atomic mass is 9.89. The van der Waals surface area contributed by atoms with E-state index in [2.05, 4.69) is 73.7 Å². The van der Waals surface area contributed by atoms with E-state index in [9.17, 15) is 4.79 Å². The normalized spacial score (nSPS) is 11.1. The van der Waals surface area contributed by atoms with Gasteiger partial charge in [-0.05, 0) is 51.2 Å². The minimum Gasteiger partial charge on any atom is -0.294 e. The van der Waals surface area contributed by atoms with Crippen molar-refractivity contribution in [3.05, 3.63) is 84.4 Å². The molecule has 0 saturated carbocycles. The van der Waals surface area contributed by atoms with E-state index >= 15 is 0 Å². The minimum absolute atomic E-state index is 0.237. The molecule has 1 nitrogen and oxygen atoms in total. The Morgan fingerprint density at radius 3 is 2.15 bits per heavy atom. The first-order valence-electron chi connectivity index (χ1n) is 9.32. The second kappa shape index (κ2) is 7.13. The number of Topliss-reactive ketones (excluding diaryl/α,β-unsaturated/α-hetero) is 1. The van der Waals surface area contributed by atoms with E-state index in [1.54, 1.807) is 0 Å². The van der Waals surface area contributed by atoms with Gasteiger partial charge in [0.2, 0.25) is 0 Å². The number of hydrogen-bond acceptors (Lipinski definition) is 1. The zero-order chi connectivity index (χ0) is 17.9. The zero-order valence-corrected chi connectivity index (χ0v) is 15.0. The molecule has 0 aliphatic carbocycles. The van der Waals surface area contributed by atoms with Crippen LogP contribution in [-0.4, -0.2) is 5.78 Å². The molecule has 4 aromatic rings. The highest BCUT2D eigenvalue weighted by Gasteiger charge is 2.15. The average molecular weight is 338 g/mol. The van der Waals surface area contributed by atoms with Gasteiger partial charge in [0.25, 0.3) is 0 Å². The van der Waals surface area contributed by atoms with Gasteiger partial charge in [-0.2, -0.15) is 0 Å². The molecule has 0 aromatic heterocycles. The minimum atomic E-state index is 0.237. The van der Waals surface area contributed by atoms with Crippen LogP contribution in [0.1, 0.15) is 36.5 Å². The summed E-state index contributed by atoms with van der Waals surface area (Å²) in [5.74, 6) is 0.237. The smallest absolute Gasteiger partial charge is 0.163 e. The van der Waals surface area contributed by atoms with Gasteiger partial charge in [-0.25, -0.2) is 0 Å². The predicted molar refractivity (Wildman–Crippen MR) is 111 cm³/mol. The van der Waals surface area contributed by atoms with Crippen molar-refractivity contribution < 1.29 is 4.79 Å². The van der Waals surface area contributed by atoms with E-state index in [4.69, 9.17) is 0 Å². The molecule has 0 N–H and O–H groups in total. The molecule has 0 heterocycles. The number of rotatable bonds is 5. The fraction of sp³-hybridized carbons (Fsp3) is 0.160. The summed E-state index contributed by atoms with van der Waals surface area (Å²) in [4.78, 5) is 13.0. The Morgan fingerprint density at radius 1 is 0.731 bits per heavy atom. The molecule has 0 fully saturated rings. The molecule has 0 bridgehead atoms. The maximum absolute atomic E-state index is 13.0.